The van der Waals surface area contributed by atoms with Gasteiger partial charge in [0.1, 0.15) is 0 Å². The average Bonchev–Trinajstić information content (AvgIpc) is 2.55. The molecular formula is C17H18N2O5S. The van der Waals surface area contributed by atoms with Gasteiger partial charge in [0.2, 0.25) is 15.9 Å². The first-order valence-corrected chi connectivity index (χ1v) is 9.01. The molecule has 0 bridgehead atoms. The van der Waals surface area contributed by atoms with Gasteiger partial charge in [-0.15, -0.1) is 0 Å². The van der Waals surface area contributed by atoms with Crippen LogP contribution in [0.3, 0.4) is 0 Å². The predicted octanol–water partition coefficient (Wildman–Crippen LogP) is 0.934. The van der Waals surface area contributed by atoms with Crippen molar-refractivity contribution in [3.05, 3.63) is 65.2 Å². The lowest BCUT2D eigenvalue weighted by Gasteiger charge is -2.08. The van der Waals surface area contributed by atoms with E-state index in [-0.39, 0.29) is 22.8 Å². The monoisotopic (exact) mass is 362 g/mol. The highest BCUT2D eigenvalue weighted by molar-refractivity contribution is 7.89. The molecule has 0 aliphatic rings. The third-order valence-electron chi connectivity index (χ3n) is 3.59. The maximum Gasteiger partial charge on any atom is 0.335 e. The third-order valence-corrected chi connectivity index (χ3v) is 4.52. The van der Waals surface area contributed by atoms with Crippen LogP contribution >= 0.6 is 0 Å². The molecule has 0 unspecified atom stereocenters. The van der Waals surface area contributed by atoms with Crippen molar-refractivity contribution in [2.24, 2.45) is 5.14 Å². The Labute approximate surface area is 145 Å². The van der Waals surface area contributed by atoms with Crippen molar-refractivity contribution in [3.63, 3.8) is 0 Å². The molecule has 0 spiro atoms. The minimum absolute atomic E-state index is 0.0210. The number of rotatable bonds is 7. The van der Waals surface area contributed by atoms with Crippen LogP contribution in [0.4, 0.5) is 0 Å². The zero-order valence-corrected chi connectivity index (χ0v) is 14.1. The molecule has 132 valence electrons. The average molecular weight is 362 g/mol. The smallest absolute Gasteiger partial charge is 0.335 e. The molecule has 8 heteroatoms. The molecule has 0 aromatic heterocycles. The SMILES string of the molecule is NS(=O)(=O)c1ccc(CCNC(=O)Cc2ccccc2C(=O)O)cc1. The second-order valence-electron chi connectivity index (χ2n) is 5.43. The van der Waals surface area contributed by atoms with Gasteiger partial charge >= 0.3 is 5.97 Å². The molecule has 2 rings (SSSR count). The number of aromatic carboxylic acids is 1. The van der Waals surface area contributed by atoms with Crippen molar-refractivity contribution < 1.29 is 23.1 Å². The molecule has 0 fully saturated rings. The van der Waals surface area contributed by atoms with Gasteiger partial charge in [-0.3, -0.25) is 4.79 Å². The van der Waals surface area contributed by atoms with E-state index in [9.17, 15) is 18.0 Å². The van der Waals surface area contributed by atoms with Crippen molar-refractivity contribution in [1.29, 1.82) is 0 Å². The molecule has 1 amide bonds. The number of primary sulfonamides is 1. The first-order valence-electron chi connectivity index (χ1n) is 7.47. The normalized spacial score (nSPS) is 11.1. The molecule has 0 aliphatic heterocycles. The first-order chi connectivity index (χ1) is 11.8. The van der Waals surface area contributed by atoms with Crippen molar-refractivity contribution in [1.82, 2.24) is 5.32 Å². The molecule has 0 saturated heterocycles. The lowest BCUT2D eigenvalue weighted by Crippen LogP contribution is -2.27. The number of amides is 1. The number of benzene rings is 2. The maximum atomic E-state index is 12.0. The lowest BCUT2D eigenvalue weighted by atomic mass is 10.0. The number of carboxylic acids is 1. The molecule has 4 N–H and O–H groups in total. The summed E-state index contributed by atoms with van der Waals surface area (Å²) in [5, 5.41) is 16.8. The quantitative estimate of drug-likeness (QED) is 0.675. The topological polar surface area (TPSA) is 127 Å². The largest absolute Gasteiger partial charge is 0.478 e. The molecule has 7 nitrogen and oxygen atoms in total. The fraction of sp³-hybridized carbons (Fsp3) is 0.176. The van der Waals surface area contributed by atoms with Crippen molar-refractivity contribution in [2.45, 2.75) is 17.7 Å². The van der Waals surface area contributed by atoms with Crippen LogP contribution in [-0.2, 0) is 27.7 Å². The Bertz CT molecular complexity index is 876. The van der Waals surface area contributed by atoms with Crippen molar-refractivity contribution in [2.75, 3.05) is 6.54 Å². The first kappa shape index (κ1) is 18.6. The number of hydrogen-bond acceptors (Lipinski definition) is 4. The molecule has 0 saturated carbocycles. The van der Waals surface area contributed by atoms with Crippen LogP contribution in [0, 0.1) is 0 Å². The second-order valence-corrected chi connectivity index (χ2v) is 6.99. The summed E-state index contributed by atoms with van der Waals surface area (Å²) in [5.74, 6) is -1.35. The van der Waals surface area contributed by atoms with Crippen molar-refractivity contribution >= 4 is 21.9 Å². The predicted molar refractivity (Wildman–Crippen MR) is 91.6 cm³/mol. The Morgan fingerprint density at radius 2 is 1.68 bits per heavy atom. The zero-order valence-electron chi connectivity index (χ0n) is 13.3. The van der Waals surface area contributed by atoms with E-state index in [1.165, 1.54) is 18.2 Å². The van der Waals surface area contributed by atoms with Crippen LogP contribution in [0.1, 0.15) is 21.5 Å². The highest BCUT2D eigenvalue weighted by atomic mass is 32.2. The summed E-state index contributed by atoms with van der Waals surface area (Å²) >= 11 is 0. The second kappa shape index (κ2) is 7.91. The summed E-state index contributed by atoms with van der Waals surface area (Å²) in [6.07, 6.45) is 0.490. The Balaban J connectivity index is 1.88. The summed E-state index contributed by atoms with van der Waals surface area (Å²) in [6, 6.07) is 12.4. The van der Waals surface area contributed by atoms with E-state index in [0.29, 0.717) is 18.5 Å². The zero-order chi connectivity index (χ0) is 18.4. The standard InChI is InChI=1S/C17H18N2O5S/c18-25(23,24)14-7-5-12(6-8-14)9-10-19-16(20)11-13-3-1-2-4-15(13)17(21)22/h1-8H,9-11H2,(H,19,20)(H,21,22)(H2,18,23,24). The summed E-state index contributed by atoms with van der Waals surface area (Å²) in [6.45, 7) is 0.350. The Morgan fingerprint density at radius 1 is 1.04 bits per heavy atom. The van der Waals surface area contributed by atoms with Gasteiger partial charge in [0.05, 0.1) is 16.9 Å². The summed E-state index contributed by atoms with van der Waals surface area (Å²) in [4.78, 5) is 23.1. The highest BCUT2D eigenvalue weighted by Gasteiger charge is 2.12. The maximum absolute atomic E-state index is 12.0. The number of nitrogens with one attached hydrogen (secondary N) is 1. The van der Waals surface area contributed by atoms with Gasteiger partial charge in [-0.25, -0.2) is 18.4 Å². The molecular weight excluding hydrogens is 344 g/mol. The van der Waals surface area contributed by atoms with Gasteiger partial charge in [-0.1, -0.05) is 30.3 Å². The van der Waals surface area contributed by atoms with Gasteiger partial charge < -0.3 is 10.4 Å². The van der Waals surface area contributed by atoms with E-state index < -0.39 is 16.0 Å². The summed E-state index contributed by atoms with van der Waals surface area (Å²) in [5.41, 5.74) is 1.40. The van der Waals surface area contributed by atoms with Gasteiger partial charge in [-0.2, -0.15) is 0 Å². The van der Waals surface area contributed by atoms with Crippen LogP contribution in [-0.4, -0.2) is 31.9 Å². The van der Waals surface area contributed by atoms with Gasteiger partial charge in [0.25, 0.3) is 0 Å². The summed E-state index contributed by atoms with van der Waals surface area (Å²) in [7, 11) is -3.72. The van der Waals surface area contributed by atoms with Crippen LogP contribution in [0.25, 0.3) is 0 Å². The van der Waals surface area contributed by atoms with Crippen LogP contribution in [0.5, 0.6) is 0 Å². The number of carbonyl (C=O) groups is 2. The third kappa shape index (κ3) is 5.40. The molecule has 25 heavy (non-hydrogen) atoms. The van der Waals surface area contributed by atoms with Gasteiger partial charge in [0, 0.05) is 6.54 Å². The number of carboxylic acid groups (broad SMARTS) is 1. The molecule has 0 aliphatic carbocycles. The molecule has 0 radical (unpaired) electrons. The van der Waals surface area contributed by atoms with Crippen molar-refractivity contribution in [3.8, 4) is 0 Å². The van der Waals surface area contributed by atoms with Crippen LogP contribution < -0.4 is 10.5 Å². The molecule has 0 atom stereocenters. The number of carbonyl (C=O) groups excluding carboxylic acids is 1. The van der Waals surface area contributed by atoms with E-state index in [1.54, 1.807) is 30.3 Å². The van der Waals surface area contributed by atoms with Crippen LogP contribution in [0.2, 0.25) is 0 Å². The minimum Gasteiger partial charge on any atom is -0.478 e. The highest BCUT2D eigenvalue weighted by Crippen LogP contribution is 2.10. The molecule has 2 aromatic rings. The van der Waals surface area contributed by atoms with E-state index in [2.05, 4.69) is 5.32 Å². The number of sulfonamides is 1. The van der Waals surface area contributed by atoms with E-state index in [0.717, 1.165) is 5.56 Å². The van der Waals surface area contributed by atoms with Gasteiger partial charge in [-0.05, 0) is 35.7 Å². The van der Waals surface area contributed by atoms with Gasteiger partial charge in [0.15, 0.2) is 0 Å². The molecule has 0 heterocycles. The van der Waals surface area contributed by atoms with E-state index >= 15 is 0 Å². The number of nitrogens with two attached hydrogens (primary N) is 1. The fourth-order valence-electron chi connectivity index (χ4n) is 2.31. The Morgan fingerprint density at radius 3 is 2.28 bits per heavy atom. The Kier molecular flexibility index (Phi) is 5.89. The van der Waals surface area contributed by atoms with E-state index in [4.69, 9.17) is 10.2 Å². The fourth-order valence-corrected chi connectivity index (χ4v) is 2.83. The summed E-state index contributed by atoms with van der Waals surface area (Å²) < 4.78 is 22.4. The molecule has 2 aromatic carbocycles. The lowest BCUT2D eigenvalue weighted by molar-refractivity contribution is -0.120. The number of hydrogen-bond donors (Lipinski definition) is 3. The van der Waals surface area contributed by atoms with E-state index in [1.807, 2.05) is 0 Å². The Hall–Kier alpha value is -2.71. The minimum atomic E-state index is -3.72. The van der Waals surface area contributed by atoms with Crippen LogP contribution in [0.15, 0.2) is 53.4 Å².